The van der Waals surface area contributed by atoms with Gasteiger partial charge in [0.15, 0.2) is 5.78 Å². The van der Waals surface area contributed by atoms with Gasteiger partial charge in [-0.1, -0.05) is 18.2 Å². The van der Waals surface area contributed by atoms with E-state index in [0.717, 1.165) is 16.5 Å². The van der Waals surface area contributed by atoms with Crippen LogP contribution in [0.25, 0.3) is 10.9 Å². The minimum absolute atomic E-state index is 0.0978. The van der Waals surface area contributed by atoms with Gasteiger partial charge in [0.25, 0.3) is 0 Å². The van der Waals surface area contributed by atoms with Crippen LogP contribution in [0.1, 0.15) is 26.3 Å². The molecule has 5 N–H and O–H groups in total. The Morgan fingerprint density at radius 2 is 1.96 bits per heavy atom. The summed E-state index contributed by atoms with van der Waals surface area (Å²) in [5, 5.41) is 6.98. The van der Waals surface area contributed by atoms with Crippen LogP contribution in [0.15, 0.2) is 30.5 Å². The quantitative estimate of drug-likeness (QED) is 0.490. The van der Waals surface area contributed by atoms with Crippen molar-refractivity contribution in [2.45, 2.75) is 44.9 Å². The Labute approximate surface area is 160 Å². The Morgan fingerprint density at radius 1 is 1.26 bits per heavy atom. The van der Waals surface area contributed by atoms with E-state index >= 15 is 0 Å². The van der Waals surface area contributed by atoms with Gasteiger partial charge in [0.05, 0.1) is 12.6 Å². The fourth-order valence-corrected chi connectivity index (χ4v) is 2.80. The van der Waals surface area contributed by atoms with Crippen molar-refractivity contribution in [1.82, 2.24) is 15.6 Å². The monoisotopic (exact) mass is 374 g/mol. The van der Waals surface area contributed by atoms with Crippen molar-refractivity contribution in [3.8, 4) is 0 Å². The van der Waals surface area contributed by atoms with Crippen molar-refractivity contribution in [1.29, 1.82) is 0 Å². The largest absolute Gasteiger partial charge is 0.459 e. The van der Waals surface area contributed by atoms with E-state index in [4.69, 9.17) is 10.5 Å². The van der Waals surface area contributed by atoms with Gasteiger partial charge in [0.2, 0.25) is 0 Å². The third-order valence-electron chi connectivity index (χ3n) is 4.22. The molecule has 0 fully saturated rings. The highest BCUT2D eigenvalue weighted by molar-refractivity contribution is 5.88. The fraction of sp³-hybridized carbons (Fsp3) is 0.500. The van der Waals surface area contributed by atoms with Crippen LogP contribution in [-0.4, -0.2) is 54.6 Å². The van der Waals surface area contributed by atoms with Crippen molar-refractivity contribution in [3.05, 3.63) is 36.0 Å². The molecule has 1 aromatic carbocycles. The first-order valence-electron chi connectivity index (χ1n) is 9.15. The Kier molecular flexibility index (Phi) is 7.12. The molecule has 0 saturated carbocycles. The number of ether oxygens (including phenoxy) is 1. The van der Waals surface area contributed by atoms with Gasteiger partial charge in [0.1, 0.15) is 11.6 Å². The lowest BCUT2D eigenvalue weighted by Crippen LogP contribution is -2.48. The first-order chi connectivity index (χ1) is 12.7. The predicted octanol–water partition coefficient (Wildman–Crippen LogP) is 1.13. The molecule has 148 valence electrons. The molecule has 7 nitrogen and oxygen atoms in total. The number of aromatic amines is 1. The summed E-state index contributed by atoms with van der Waals surface area (Å²) in [7, 11) is 1.68. The van der Waals surface area contributed by atoms with Gasteiger partial charge in [-0.15, -0.1) is 0 Å². The van der Waals surface area contributed by atoms with Crippen molar-refractivity contribution >= 4 is 22.7 Å². The number of nitrogens with one attached hydrogen (secondary N) is 3. The Morgan fingerprint density at radius 3 is 2.63 bits per heavy atom. The van der Waals surface area contributed by atoms with Crippen LogP contribution in [0.4, 0.5) is 0 Å². The third kappa shape index (κ3) is 6.16. The molecule has 2 aromatic rings. The van der Waals surface area contributed by atoms with Gasteiger partial charge in [-0.05, 0) is 45.9 Å². The third-order valence-corrected chi connectivity index (χ3v) is 4.22. The molecule has 7 heteroatoms. The number of H-pyrrole nitrogens is 1. The number of hydrogen-bond donors (Lipinski definition) is 4. The number of carbonyl (C=O) groups excluding carboxylic acids is 2. The lowest BCUT2D eigenvalue weighted by atomic mass is 10.0. The Bertz CT molecular complexity index is 779. The van der Waals surface area contributed by atoms with Gasteiger partial charge in [-0.2, -0.15) is 0 Å². The summed E-state index contributed by atoms with van der Waals surface area (Å²) in [5.41, 5.74) is 7.58. The summed E-state index contributed by atoms with van der Waals surface area (Å²) in [6, 6.07) is 6.79. The van der Waals surface area contributed by atoms with Gasteiger partial charge < -0.3 is 26.1 Å². The summed E-state index contributed by atoms with van der Waals surface area (Å²) < 4.78 is 5.35. The number of aromatic nitrogens is 1. The molecule has 27 heavy (non-hydrogen) atoms. The molecular formula is C20H30N4O3. The number of nitrogens with two attached hydrogens (primary N) is 1. The van der Waals surface area contributed by atoms with Gasteiger partial charge in [0, 0.05) is 23.6 Å². The van der Waals surface area contributed by atoms with Crippen molar-refractivity contribution in [2.24, 2.45) is 5.73 Å². The van der Waals surface area contributed by atoms with E-state index < -0.39 is 17.7 Å². The summed E-state index contributed by atoms with van der Waals surface area (Å²) in [4.78, 5) is 27.6. The smallest absolute Gasteiger partial charge is 0.324 e. The lowest BCUT2D eigenvalue weighted by molar-refractivity contribution is -0.157. The first-order valence-corrected chi connectivity index (χ1v) is 9.15. The van der Waals surface area contributed by atoms with E-state index in [1.54, 1.807) is 7.05 Å². The molecule has 0 amide bonds. The Balaban J connectivity index is 1.83. The number of likely N-dealkylation sites (N-methyl/N-ethyl adjacent to an activating group) is 1. The fourth-order valence-electron chi connectivity index (χ4n) is 2.80. The minimum atomic E-state index is -0.605. The van der Waals surface area contributed by atoms with Gasteiger partial charge >= 0.3 is 5.97 Å². The molecule has 1 aromatic heterocycles. The standard InChI is InChI=1S/C20H30N4O3/c1-20(2,3)27-19(26)17(22-4)11-23-12-18(25)15(21)9-13-10-24-16-8-6-5-7-14(13)16/h5-8,10,15,17,22-24H,9,11-12,21H2,1-4H3/t15-,17?/m0/s1. The maximum atomic E-state index is 12.3. The van der Waals surface area contributed by atoms with Crippen molar-refractivity contribution in [2.75, 3.05) is 20.1 Å². The van der Waals surface area contributed by atoms with Crippen LogP contribution in [0.2, 0.25) is 0 Å². The number of hydrogen-bond acceptors (Lipinski definition) is 6. The average molecular weight is 374 g/mol. The maximum Gasteiger partial charge on any atom is 0.324 e. The number of esters is 1. The van der Waals surface area contributed by atoms with Crippen LogP contribution >= 0.6 is 0 Å². The molecule has 0 aliphatic carbocycles. The van der Waals surface area contributed by atoms with Crippen LogP contribution < -0.4 is 16.4 Å². The van der Waals surface area contributed by atoms with E-state index in [2.05, 4.69) is 15.6 Å². The SMILES string of the molecule is CNC(CNCC(=O)[C@@H](N)Cc1c[nH]c2ccccc12)C(=O)OC(C)(C)C. The number of carbonyl (C=O) groups is 2. The van der Waals surface area contributed by atoms with Crippen molar-refractivity contribution in [3.63, 3.8) is 0 Å². The topological polar surface area (TPSA) is 109 Å². The normalized spacial score (nSPS) is 14.1. The molecule has 1 heterocycles. The highest BCUT2D eigenvalue weighted by atomic mass is 16.6. The first kappa shape index (κ1) is 21.1. The summed E-state index contributed by atoms with van der Waals surface area (Å²) in [5.74, 6) is -0.452. The molecule has 2 atom stereocenters. The zero-order valence-electron chi connectivity index (χ0n) is 16.5. The number of rotatable bonds is 9. The molecule has 1 unspecified atom stereocenters. The summed E-state index contributed by atoms with van der Waals surface area (Å²) in [6.07, 6.45) is 2.36. The molecule has 0 radical (unpaired) electrons. The second-order valence-corrected chi connectivity index (χ2v) is 7.64. The van der Waals surface area contributed by atoms with Crippen LogP contribution in [0, 0.1) is 0 Å². The van der Waals surface area contributed by atoms with Crippen LogP contribution in [0.3, 0.4) is 0 Å². The number of para-hydroxylation sites is 1. The molecule has 2 rings (SSSR count). The molecular weight excluding hydrogens is 344 g/mol. The number of benzene rings is 1. The highest BCUT2D eigenvalue weighted by Gasteiger charge is 2.24. The second kappa shape index (κ2) is 9.12. The van der Waals surface area contributed by atoms with E-state index in [-0.39, 0.29) is 24.8 Å². The van der Waals surface area contributed by atoms with E-state index in [1.807, 2.05) is 51.2 Å². The van der Waals surface area contributed by atoms with Crippen LogP contribution in [0.5, 0.6) is 0 Å². The average Bonchev–Trinajstić information content (AvgIpc) is 3.00. The molecule has 0 aliphatic heterocycles. The highest BCUT2D eigenvalue weighted by Crippen LogP contribution is 2.18. The van der Waals surface area contributed by atoms with E-state index in [1.165, 1.54) is 0 Å². The maximum absolute atomic E-state index is 12.3. The molecule has 0 saturated heterocycles. The zero-order valence-corrected chi connectivity index (χ0v) is 16.5. The molecule has 0 aliphatic rings. The van der Waals surface area contributed by atoms with Crippen molar-refractivity contribution < 1.29 is 14.3 Å². The van der Waals surface area contributed by atoms with Gasteiger partial charge in [-0.25, -0.2) is 0 Å². The summed E-state index contributed by atoms with van der Waals surface area (Å²) in [6.45, 7) is 5.84. The summed E-state index contributed by atoms with van der Waals surface area (Å²) >= 11 is 0. The second-order valence-electron chi connectivity index (χ2n) is 7.64. The lowest BCUT2D eigenvalue weighted by Gasteiger charge is -2.24. The number of Topliss-reactive ketones (excluding diaryl/α,β-unsaturated/α-hetero) is 1. The van der Waals surface area contributed by atoms with E-state index in [0.29, 0.717) is 6.42 Å². The minimum Gasteiger partial charge on any atom is -0.459 e. The van der Waals surface area contributed by atoms with Gasteiger partial charge in [-0.3, -0.25) is 9.59 Å². The molecule has 0 bridgehead atoms. The Hall–Kier alpha value is -2.22. The molecule has 0 spiro atoms. The predicted molar refractivity (Wildman–Crippen MR) is 107 cm³/mol. The number of fused-ring (bicyclic) bond motifs is 1. The zero-order chi connectivity index (χ0) is 20.0. The number of ketones is 1. The van der Waals surface area contributed by atoms with Crippen LogP contribution in [-0.2, 0) is 20.7 Å². The van der Waals surface area contributed by atoms with E-state index in [9.17, 15) is 9.59 Å².